The van der Waals surface area contributed by atoms with E-state index in [0.29, 0.717) is 6.04 Å². The van der Waals surface area contributed by atoms with Gasteiger partial charge in [0.1, 0.15) is 5.82 Å². The first-order valence-corrected chi connectivity index (χ1v) is 7.85. The van der Waals surface area contributed by atoms with E-state index in [1.54, 1.807) is 0 Å². The summed E-state index contributed by atoms with van der Waals surface area (Å²) in [6.07, 6.45) is 1.06. The average molecular weight is 334 g/mol. The van der Waals surface area contributed by atoms with Crippen molar-refractivity contribution in [2.24, 2.45) is 0 Å². The van der Waals surface area contributed by atoms with Crippen LogP contribution in [0.15, 0.2) is 34.8 Å². The van der Waals surface area contributed by atoms with E-state index in [1.165, 1.54) is 5.56 Å². The van der Waals surface area contributed by atoms with Crippen molar-refractivity contribution < 1.29 is 0 Å². The first-order chi connectivity index (χ1) is 9.48. The largest absolute Gasteiger partial charge is 0.369 e. The summed E-state index contributed by atoms with van der Waals surface area (Å²) in [6, 6.07) is 10.9. The van der Waals surface area contributed by atoms with Crippen LogP contribution in [0.4, 0.5) is 5.82 Å². The summed E-state index contributed by atoms with van der Waals surface area (Å²) in [5.41, 5.74) is 2.47. The molecule has 20 heavy (non-hydrogen) atoms. The number of fused-ring (bicyclic) bond motifs is 1. The zero-order valence-corrected chi connectivity index (χ0v) is 13.7. The van der Waals surface area contributed by atoms with Gasteiger partial charge in [0.05, 0.1) is 16.2 Å². The molecule has 0 radical (unpaired) electrons. The quantitative estimate of drug-likeness (QED) is 0.840. The number of aromatic nitrogens is 2. The van der Waals surface area contributed by atoms with Crippen LogP contribution in [0.1, 0.15) is 44.5 Å². The Morgan fingerprint density at radius 2 is 1.95 bits per heavy atom. The van der Waals surface area contributed by atoms with Crippen LogP contribution in [0.25, 0.3) is 0 Å². The van der Waals surface area contributed by atoms with Crippen LogP contribution in [0.2, 0.25) is 0 Å². The standard InChI is InChI=1S/C16H20BrN3/c1-16(2,3)14-13(17)15-18-10-9-12(20(15)19-14)11-7-5-4-6-8-11/h4-8,12,18H,9-10H2,1-3H3. The van der Waals surface area contributed by atoms with Gasteiger partial charge < -0.3 is 5.32 Å². The number of hydrogen-bond donors (Lipinski definition) is 1. The maximum absolute atomic E-state index is 4.89. The monoisotopic (exact) mass is 333 g/mol. The summed E-state index contributed by atoms with van der Waals surface area (Å²) in [5, 5.41) is 8.36. The Labute approximate surface area is 128 Å². The van der Waals surface area contributed by atoms with E-state index in [0.717, 1.165) is 29.0 Å². The molecule has 0 fully saturated rings. The predicted molar refractivity (Wildman–Crippen MR) is 86.3 cm³/mol. The summed E-state index contributed by atoms with van der Waals surface area (Å²) < 4.78 is 3.24. The lowest BCUT2D eigenvalue weighted by molar-refractivity contribution is 0.462. The van der Waals surface area contributed by atoms with Crippen molar-refractivity contribution in [3.05, 3.63) is 46.1 Å². The third-order valence-electron chi connectivity index (χ3n) is 3.75. The third-order valence-corrected chi connectivity index (χ3v) is 4.50. The van der Waals surface area contributed by atoms with E-state index < -0.39 is 0 Å². The molecule has 2 aromatic rings. The molecule has 1 aliphatic heterocycles. The SMILES string of the molecule is CC(C)(C)c1nn2c(c1Br)NCCC2c1ccccc1. The second-order valence-electron chi connectivity index (χ2n) is 6.35. The summed E-state index contributed by atoms with van der Waals surface area (Å²) in [4.78, 5) is 0. The fourth-order valence-corrected chi connectivity index (χ4v) is 3.71. The summed E-state index contributed by atoms with van der Waals surface area (Å²) >= 11 is 3.73. The Kier molecular flexibility index (Phi) is 3.36. The molecule has 0 bridgehead atoms. The van der Waals surface area contributed by atoms with E-state index in [2.05, 4.69) is 77.0 Å². The van der Waals surface area contributed by atoms with Crippen molar-refractivity contribution in [2.75, 3.05) is 11.9 Å². The van der Waals surface area contributed by atoms with Crippen LogP contribution < -0.4 is 5.32 Å². The van der Waals surface area contributed by atoms with Crippen LogP contribution in [0.5, 0.6) is 0 Å². The van der Waals surface area contributed by atoms with Crippen molar-refractivity contribution in [1.29, 1.82) is 0 Å². The Balaban J connectivity index is 2.10. The van der Waals surface area contributed by atoms with Crippen LogP contribution in [0, 0.1) is 0 Å². The van der Waals surface area contributed by atoms with Gasteiger partial charge in [-0.3, -0.25) is 0 Å². The molecule has 3 rings (SSSR count). The molecule has 1 atom stereocenters. The minimum absolute atomic E-state index is 0.0338. The van der Waals surface area contributed by atoms with Crippen molar-refractivity contribution in [3.63, 3.8) is 0 Å². The molecule has 2 heterocycles. The summed E-state index contributed by atoms with van der Waals surface area (Å²) in [6.45, 7) is 7.57. The number of nitrogens with one attached hydrogen (secondary N) is 1. The first-order valence-electron chi connectivity index (χ1n) is 7.06. The van der Waals surface area contributed by atoms with Gasteiger partial charge in [0, 0.05) is 12.0 Å². The molecular weight excluding hydrogens is 314 g/mol. The second-order valence-corrected chi connectivity index (χ2v) is 7.14. The highest BCUT2D eigenvalue weighted by molar-refractivity contribution is 9.10. The van der Waals surface area contributed by atoms with Gasteiger partial charge in [-0.2, -0.15) is 5.10 Å². The van der Waals surface area contributed by atoms with Gasteiger partial charge in [0.15, 0.2) is 0 Å². The smallest absolute Gasteiger partial charge is 0.139 e. The van der Waals surface area contributed by atoms with Crippen molar-refractivity contribution in [1.82, 2.24) is 9.78 Å². The summed E-state index contributed by atoms with van der Waals surface area (Å²) in [7, 11) is 0. The highest BCUT2D eigenvalue weighted by Crippen LogP contribution is 2.39. The molecule has 0 spiro atoms. The molecular formula is C16H20BrN3. The molecule has 1 unspecified atom stereocenters. The molecule has 0 saturated carbocycles. The topological polar surface area (TPSA) is 29.9 Å². The zero-order valence-electron chi connectivity index (χ0n) is 12.2. The van der Waals surface area contributed by atoms with Crippen LogP contribution in [-0.4, -0.2) is 16.3 Å². The van der Waals surface area contributed by atoms with Crippen molar-refractivity contribution in [3.8, 4) is 0 Å². The Morgan fingerprint density at radius 1 is 1.25 bits per heavy atom. The second kappa shape index (κ2) is 4.92. The fourth-order valence-electron chi connectivity index (χ4n) is 2.71. The molecule has 0 aliphatic carbocycles. The van der Waals surface area contributed by atoms with E-state index in [4.69, 9.17) is 5.10 Å². The van der Waals surface area contributed by atoms with E-state index in [1.807, 2.05) is 0 Å². The highest BCUT2D eigenvalue weighted by atomic mass is 79.9. The lowest BCUT2D eigenvalue weighted by atomic mass is 9.92. The number of halogens is 1. The van der Waals surface area contributed by atoms with Gasteiger partial charge in [-0.25, -0.2) is 4.68 Å². The number of hydrogen-bond acceptors (Lipinski definition) is 2. The Bertz CT molecular complexity index is 611. The maximum atomic E-state index is 4.89. The van der Waals surface area contributed by atoms with Gasteiger partial charge in [-0.15, -0.1) is 0 Å². The number of anilines is 1. The molecule has 3 nitrogen and oxygen atoms in total. The molecule has 1 aliphatic rings. The van der Waals surface area contributed by atoms with E-state index in [9.17, 15) is 0 Å². The van der Waals surface area contributed by atoms with Gasteiger partial charge in [-0.1, -0.05) is 51.1 Å². The lowest BCUT2D eigenvalue weighted by Crippen LogP contribution is -2.24. The van der Waals surface area contributed by atoms with Crippen molar-refractivity contribution in [2.45, 2.75) is 38.6 Å². The highest BCUT2D eigenvalue weighted by Gasteiger charge is 2.30. The molecule has 1 aromatic carbocycles. The normalized spacial score (nSPS) is 18.5. The molecule has 1 aromatic heterocycles. The number of benzene rings is 1. The van der Waals surface area contributed by atoms with Gasteiger partial charge in [-0.05, 0) is 27.9 Å². The van der Waals surface area contributed by atoms with E-state index in [-0.39, 0.29) is 5.41 Å². The average Bonchev–Trinajstić information content (AvgIpc) is 2.77. The third kappa shape index (κ3) is 2.26. The van der Waals surface area contributed by atoms with Crippen LogP contribution in [-0.2, 0) is 5.41 Å². The van der Waals surface area contributed by atoms with Gasteiger partial charge in [0.25, 0.3) is 0 Å². The Hall–Kier alpha value is -1.29. The lowest BCUT2D eigenvalue weighted by Gasteiger charge is -2.26. The van der Waals surface area contributed by atoms with Crippen LogP contribution in [0.3, 0.4) is 0 Å². The first kappa shape index (κ1) is 13.7. The molecule has 0 amide bonds. The number of nitrogens with zero attached hydrogens (tertiary/aromatic N) is 2. The van der Waals surface area contributed by atoms with E-state index >= 15 is 0 Å². The van der Waals surface area contributed by atoms with Crippen molar-refractivity contribution >= 4 is 21.7 Å². The maximum Gasteiger partial charge on any atom is 0.139 e. The fraction of sp³-hybridized carbons (Fsp3) is 0.438. The van der Waals surface area contributed by atoms with Crippen LogP contribution >= 0.6 is 15.9 Å². The summed E-state index contributed by atoms with van der Waals surface area (Å²) in [5.74, 6) is 1.11. The van der Waals surface area contributed by atoms with Gasteiger partial charge in [0.2, 0.25) is 0 Å². The molecule has 1 N–H and O–H groups in total. The Morgan fingerprint density at radius 3 is 2.60 bits per heavy atom. The predicted octanol–water partition coefficient (Wildman–Crippen LogP) is 4.35. The minimum Gasteiger partial charge on any atom is -0.369 e. The number of rotatable bonds is 1. The van der Waals surface area contributed by atoms with Gasteiger partial charge >= 0.3 is 0 Å². The molecule has 4 heteroatoms. The molecule has 106 valence electrons. The minimum atomic E-state index is 0.0338. The molecule has 0 saturated heterocycles. The zero-order chi connectivity index (χ0) is 14.3.